The van der Waals surface area contributed by atoms with Gasteiger partial charge in [-0.05, 0) is 24.6 Å². The molecule has 0 spiro atoms. The molecule has 0 bridgehead atoms. The van der Waals surface area contributed by atoms with E-state index in [0.29, 0.717) is 11.0 Å². The maximum atomic E-state index is 5.52. The van der Waals surface area contributed by atoms with E-state index in [1.165, 1.54) is 0 Å². The quantitative estimate of drug-likeness (QED) is 0.556. The monoisotopic (exact) mass is 141 g/mol. The molecule has 0 unspecified atom stereocenters. The summed E-state index contributed by atoms with van der Waals surface area (Å²) in [5.74, 6) is 0.410. The Hall–Kier alpha value is -0.760. The minimum atomic E-state index is 0.389. The highest BCUT2D eigenvalue weighted by atomic mass is 35.5. The van der Waals surface area contributed by atoms with Crippen LogP contribution in [0.2, 0.25) is 5.15 Å². The highest BCUT2D eigenvalue weighted by molar-refractivity contribution is 6.29. The molecule has 2 nitrogen and oxygen atoms in total. The smallest absolute Gasteiger partial charge is 0.131 e. The summed E-state index contributed by atoms with van der Waals surface area (Å²) >= 11 is 5.52. The lowest BCUT2D eigenvalue weighted by Gasteiger charge is -1.94. The summed E-state index contributed by atoms with van der Waals surface area (Å²) in [5.41, 5.74) is 6.11. The van der Waals surface area contributed by atoms with Crippen LogP contribution in [0.4, 0.5) is 5.82 Å². The number of aromatic nitrogens is 1. The maximum Gasteiger partial charge on any atom is 0.131 e. The van der Waals surface area contributed by atoms with Gasteiger partial charge in [0.2, 0.25) is 0 Å². The number of hydrogen-bond donors (Lipinski definition) is 1. The molecule has 1 rings (SSSR count). The molecule has 0 aromatic carbocycles. The lowest BCUT2D eigenvalue weighted by Crippen LogP contribution is -1.89. The SMILES string of the molecule is [CH2]c1cc(N)nc(Cl)c1. The Morgan fingerprint density at radius 3 is 2.67 bits per heavy atom. The summed E-state index contributed by atoms with van der Waals surface area (Å²) in [6.07, 6.45) is 0. The van der Waals surface area contributed by atoms with E-state index in [1.807, 2.05) is 0 Å². The normalized spacial score (nSPS) is 9.56. The average molecular weight is 142 g/mol. The van der Waals surface area contributed by atoms with Crippen molar-refractivity contribution in [2.24, 2.45) is 0 Å². The average Bonchev–Trinajstić information content (AvgIpc) is 1.59. The van der Waals surface area contributed by atoms with E-state index in [0.717, 1.165) is 5.56 Å². The van der Waals surface area contributed by atoms with Crippen molar-refractivity contribution in [3.05, 3.63) is 29.8 Å². The van der Waals surface area contributed by atoms with Gasteiger partial charge in [-0.25, -0.2) is 4.98 Å². The second-order valence-corrected chi connectivity index (χ2v) is 2.11. The fourth-order valence-corrected chi connectivity index (χ4v) is 0.810. The number of rotatable bonds is 0. The first-order valence-corrected chi connectivity index (χ1v) is 2.81. The Morgan fingerprint density at radius 1 is 1.56 bits per heavy atom. The molecule has 1 heterocycles. The molecule has 1 aromatic heterocycles. The van der Waals surface area contributed by atoms with Gasteiger partial charge in [-0.2, -0.15) is 0 Å². The number of pyridine rings is 1. The van der Waals surface area contributed by atoms with Gasteiger partial charge in [0.1, 0.15) is 11.0 Å². The Morgan fingerprint density at radius 2 is 2.22 bits per heavy atom. The van der Waals surface area contributed by atoms with E-state index in [2.05, 4.69) is 11.9 Å². The van der Waals surface area contributed by atoms with Gasteiger partial charge in [0, 0.05) is 0 Å². The number of halogens is 1. The van der Waals surface area contributed by atoms with Crippen molar-refractivity contribution < 1.29 is 0 Å². The summed E-state index contributed by atoms with van der Waals surface area (Å²) in [4.78, 5) is 3.74. The van der Waals surface area contributed by atoms with E-state index in [1.54, 1.807) is 12.1 Å². The van der Waals surface area contributed by atoms with Crippen LogP contribution in [0.5, 0.6) is 0 Å². The van der Waals surface area contributed by atoms with Gasteiger partial charge in [0.15, 0.2) is 0 Å². The third kappa shape index (κ3) is 1.57. The van der Waals surface area contributed by atoms with Gasteiger partial charge in [-0.15, -0.1) is 0 Å². The van der Waals surface area contributed by atoms with Gasteiger partial charge in [-0.3, -0.25) is 0 Å². The van der Waals surface area contributed by atoms with E-state index < -0.39 is 0 Å². The lowest BCUT2D eigenvalue weighted by atomic mass is 10.3. The van der Waals surface area contributed by atoms with Crippen molar-refractivity contribution in [1.82, 2.24) is 4.98 Å². The number of nitrogens with zero attached hydrogens (tertiary/aromatic N) is 1. The van der Waals surface area contributed by atoms with Crippen molar-refractivity contribution in [2.45, 2.75) is 0 Å². The first-order chi connectivity index (χ1) is 4.18. The molecule has 9 heavy (non-hydrogen) atoms. The molecular weight excluding hydrogens is 136 g/mol. The van der Waals surface area contributed by atoms with Crippen LogP contribution >= 0.6 is 11.6 Å². The number of nitrogens with two attached hydrogens (primary N) is 1. The van der Waals surface area contributed by atoms with Gasteiger partial charge in [-0.1, -0.05) is 11.6 Å². The van der Waals surface area contributed by atoms with Crippen LogP contribution in [-0.2, 0) is 0 Å². The summed E-state index contributed by atoms with van der Waals surface area (Å²) < 4.78 is 0. The topological polar surface area (TPSA) is 38.9 Å². The van der Waals surface area contributed by atoms with Crippen LogP contribution in [0.1, 0.15) is 5.56 Å². The molecule has 0 aliphatic heterocycles. The zero-order valence-corrected chi connectivity index (χ0v) is 5.52. The predicted octanol–water partition coefficient (Wildman–Crippen LogP) is 1.50. The molecule has 3 heteroatoms. The van der Waals surface area contributed by atoms with Crippen molar-refractivity contribution in [1.29, 1.82) is 0 Å². The summed E-state index contributed by atoms with van der Waals surface area (Å²) in [6, 6.07) is 3.31. The van der Waals surface area contributed by atoms with Crippen LogP contribution in [-0.4, -0.2) is 4.98 Å². The van der Waals surface area contributed by atoms with Gasteiger partial charge in [0.25, 0.3) is 0 Å². The Kier molecular flexibility index (Phi) is 1.58. The zero-order valence-electron chi connectivity index (χ0n) is 4.76. The van der Waals surface area contributed by atoms with Crippen molar-refractivity contribution >= 4 is 17.4 Å². The molecular formula is C6H6ClN2. The second-order valence-electron chi connectivity index (χ2n) is 1.72. The first kappa shape index (κ1) is 6.36. The highest BCUT2D eigenvalue weighted by Crippen LogP contribution is 2.09. The Labute approximate surface area is 58.7 Å². The van der Waals surface area contributed by atoms with Gasteiger partial charge < -0.3 is 5.73 Å². The van der Waals surface area contributed by atoms with Crippen LogP contribution in [0.15, 0.2) is 12.1 Å². The Bertz CT molecular complexity index is 172. The van der Waals surface area contributed by atoms with E-state index in [-0.39, 0.29) is 0 Å². The van der Waals surface area contributed by atoms with Crippen molar-refractivity contribution in [3.8, 4) is 0 Å². The molecule has 0 aliphatic carbocycles. The third-order valence-corrected chi connectivity index (χ3v) is 1.07. The molecule has 47 valence electrons. The number of nitrogen functional groups attached to an aromatic ring is 1. The number of anilines is 1. The minimum absolute atomic E-state index is 0.389. The highest BCUT2D eigenvalue weighted by Gasteiger charge is 1.91. The maximum absolute atomic E-state index is 5.52. The largest absolute Gasteiger partial charge is 0.384 e. The second kappa shape index (κ2) is 2.23. The van der Waals surface area contributed by atoms with Gasteiger partial charge in [0.05, 0.1) is 0 Å². The molecule has 0 saturated carbocycles. The number of hydrogen-bond acceptors (Lipinski definition) is 2. The fraction of sp³-hybridized carbons (Fsp3) is 0. The predicted molar refractivity (Wildman–Crippen MR) is 38.1 cm³/mol. The molecule has 0 atom stereocenters. The summed E-state index contributed by atoms with van der Waals surface area (Å²) in [5, 5.41) is 0.389. The Balaban J connectivity index is 3.17. The lowest BCUT2D eigenvalue weighted by molar-refractivity contribution is 1.32. The van der Waals surface area contributed by atoms with E-state index in [4.69, 9.17) is 17.3 Å². The molecule has 0 fully saturated rings. The zero-order chi connectivity index (χ0) is 6.85. The van der Waals surface area contributed by atoms with E-state index >= 15 is 0 Å². The standard InChI is InChI=1S/C6H6ClN2/c1-4-2-5(7)9-6(8)3-4/h2-3H,1H2,(H2,8,9). The summed E-state index contributed by atoms with van der Waals surface area (Å²) in [6.45, 7) is 3.64. The van der Waals surface area contributed by atoms with Crippen molar-refractivity contribution in [3.63, 3.8) is 0 Å². The molecule has 0 saturated heterocycles. The molecule has 0 amide bonds. The molecule has 1 radical (unpaired) electrons. The third-order valence-electron chi connectivity index (χ3n) is 0.874. The van der Waals surface area contributed by atoms with Gasteiger partial charge >= 0.3 is 0 Å². The molecule has 0 aliphatic rings. The summed E-state index contributed by atoms with van der Waals surface area (Å²) in [7, 11) is 0. The van der Waals surface area contributed by atoms with Crippen molar-refractivity contribution in [2.75, 3.05) is 5.73 Å². The molecule has 2 N–H and O–H groups in total. The van der Waals surface area contributed by atoms with Crippen LogP contribution in [0.3, 0.4) is 0 Å². The van der Waals surface area contributed by atoms with E-state index in [9.17, 15) is 0 Å². The van der Waals surface area contributed by atoms with Crippen LogP contribution in [0.25, 0.3) is 0 Å². The molecule has 1 aromatic rings. The van der Waals surface area contributed by atoms with Crippen LogP contribution in [0, 0.1) is 6.92 Å². The van der Waals surface area contributed by atoms with Crippen LogP contribution < -0.4 is 5.73 Å². The fourth-order valence-electron chi connectivity index (χ4n) is 0.572. The minimum Gasteiger partial charge on any atom is -0.384 e. The first-order valence-electron chi connectivity index (χ1n) is 2.43.